The first kappa shape index (κ1) is 9.20. The molecule has 0 aromatic carbocycles. The molecule has 1 heterocycles. The van der Waals surface area contributed by atoms with E-state index >= 15 is 0 Å². The van der Waals surface area contributed by atoms with E-state index in [2.05, 4.69) is 5.32 Å². The molecule has 2 rings (SSSR count). The molecule has 1 aliphatic heterocycles. The Labute approximate surface area is 71.0 Å². The van der Waals surface area contributed by atoms with Crippen molar-refractivity contribution in [2.24, 2.45) is 5.41 Å². The molecule has 1 nitrogen and oxygen atoms in total. The summed E-state index contributed by atoms with van der Waals surface area (Å²) in [4.78, 5) is 0. The van der Waals surface area contributed by atoms with Crippen LogP contribution in [0.5, 0.6) is 0 Å². The molecule has 1 aliphatic carbocycles. The Morgan fingerprint density at radius 2 is 1.91 bits per heavy atom. The van der Waals surface area contributed by atoms with Crippen molar-refractivity contribution in [1.82, 2.24) is 5.32 Å². The summed E-state index contributed by atoms with van der Waals surface area (Å²) in [5.41, 5.74) is -0.620. The van der Waals surface area contributed by atoms with Crippen LogP contribution in [0, 0.1) is 5.41 Å². The van der Waals surface area contributed by atoms with Crippen LogP contribution in [0.15, 0.2) is 0 Å². The van der Waals surface area contributed by atoms with E-state index in [-0.39, 0.29) is 18.8 Å². The van der Waals surface area contributed by atoms with E-state index < -0.39 is 11.3 Å². The molecule has 1 saturated heterocycles. The number of rotatable bonds is 0. The normalized spacial score (nSPS) is 39.8. The summed E-state index contributed by atoms with van der Waals surface area (Å²) in [6.45, 7) is 1.44. The highest BCUT2D eigenvalue weighted by Gasteiger charge is 2.70. The molecule has 0 aromatic rings. The largest absolute Gasteiger partial charge is 0.316 e. The highest BCUT2D eigenvalue weighted by Crippen LogP contribution is 2.63. The Bertz CT molecular complexity index is 155. The zero-order chi connectivity index (χ0) is 7.24. The van der Waals surface area contributed by atoms with Gasteiger partial charge >= 0.3 is 0 Å². The highest BCUT2D eigenvalue weighted by molar-refractivity contribution is 5.85. The van der Waals surface area contributed by atoms with Gasteiger partial charge in [0.05, 0.1) is 5.41 Å². The van der Waals surface area contributed by atoms with Crippen molar-refractivity contribution in [2.45, 2.75) is 25.2 Å². The number of halogens is 3. The fourth-order valence-corrected chi connectivity index (χ4v) is 1.81. The smallest absolute Gasteiger partial charge is 0.255 e. The van der Waals surface area contributed by atoms with Crippen molar-refractivity contribution in [1.29, 1.82) is 0 Å². The summed E-state index contributed by atoms with van der Waals surface area (Å²) < 4.78 is 25.3. The van der Waals surface area contributed by atoms with Gasteiger partial charge < -0.3 is 5.32 Å². The zero-order valence-electron chi connectivity index (χ0n) is 6.20. The second kappa shape index (κ2) is 2.56. The van der Waals surface area contributed by atoms with Crippen LogP contribution in [0.25, 0.3) is 0 Å². The van der Waals surface area contributed by atoms with Gasteiger partial charge in [-0.3, -0.25) is 0 Å². The van der Waals surface area contributed by atoms with Gasteiger partial charge in [0.15, 0.2) is 0 Å². The van der Waals surface area contributed by atoms with Gasteiger partial charge in [-0.05, 0) is 19.4 Å². The van der Waals surface area contributed by atoms with Gasteiger partial charge in [0.1, 0.15) is 0 Å². The molecule has 1 atom stereocenters. The Balaban J connectivity index is 0.000000605. The lowest BCUT2D eigenvalue weighted by atomic mass is 9.96. The summed E-state index contributed by atoms with van der Waals surface area (Å²) in [5.74, 6) is -2.35. The monoisotopic (exact) mass is 183 g/mol. The lowest BCUT2D eigenvalue weighted by molar-refractivity contribution is 0.0536. The van der Waals surface area contributed by atoms with Crippen LogP contribution in [0.2, 0.25) is 0 Å². The Hall–Kier alpha value is 0.110. The molecule has 0 bridgehead atoms. The van der Waals surface area contributed by atoms with E-state index in [0.717, 1.165) is 13.0 Å². The molecule has 1 saturated carbocycles. The lowest BCUT2D eigenvalue weighted by Gasteiger charge is -2.22. The van der Waals surface area contributed by atoms with Crippen LogP contribution in [0.4, 0.5) is 8.78 Å². The van der Waals surface area contributed by atoms with Gasteiger partial charge in [-0.2, -0.15) is 0 Å². The maximum atomic E-state index is 12.6. The first-order valence-electron chi connectivity index (χ1n) is 3.75. The minimum Gasteiger partial charge on any atom is -0.316 e. The Morgan fingerprint density at radius 3 is 2.18 bits per heavy atom. The SMILES string of the molecule is Cl.FC1(F)C[C@]12CCCNC2. The number of piperidine rings is 1. The van der Waals surface area contributed by atoms with E-state index in [1.54, 1.807) is 0 Å². The van der Waals surface area contributed by atoms with Crippen molar-refractivity contribution in [3.63, 3.8) is 0 Å². The van der Waals surface area contributed by atoms with Crippen molar-refractivity contribution in [3.8, 4) is 0 Å². The van der Waals surface area contributed by atoms with E-state index in [0.29, 0.717) is 13.0 Å². The second-order valence-electron chi connectivity index (χ2n) is 3.44. The van der Waals surface area contributed by atoms with E-state index in [4.69, 9.17) is 0 Å². The van der Waals surface area contributed by atoms with E-state index in [1.807, 2.05) is 0 Å². The van der Waals surface area contributed by atoms with Gasteiger partial charge in [-0.1, -0.05) is 0 Å². The average molecular weight is 184 g/mol. The van der Waals surface area contributed by atoms with E-state index in [9.17, 15) is 8.78 Å². The maximum Gasteiger partial charge on any atom is 0.255 e. The summed E-state index contributed by atoms with van der Waals surface area (Å²) in [7, 11) is 0. The number of nitrogens with one attached hydrogen (secondary N) is 1. The van der Waals surface area contributed by atoms with Gasteiger partial charge in [0, 0.05) is 13.0 Å². The predicted octanol–water partition coefficient (Wildman–Crippen LogP) is 1.82. The minimum atomic E-state index is -2.35. The summed E-state index contributed by atoms with van der Waals surface area (Å²) >= 11 is 0. The molecule has 4 heteroatoms. The molecule has 1 N–H and O–H groups in total. The van der Waals surface area contributed by atoms with Crippen LogP contribution >= 0.6 is 12.4 Å². The molecular formula is C7H12ClF2N. The van der Waals surface area contributed by atoms with Gasteiger partial charge in [0.25, 0.3) is 5.92 Å². The molecule has 2 fully saturated rings. The minimum absolute atomic E-state index is 0. The van der Waals surface area contributed by atoms with Gasteiger partial charge in [-0.25, -0.2) is 8.78 Å². The Kier molecular flexibility index (Phi) is 2.14. The van der Waals surface area contributed by atoms with Crippen molar-refractivity contribution < 1.29 is 8.78 Å². The molecule has 66 valence electrons. The summed E-state index contributed by atoms with van der Waals surface area (Å²) in [5, 5.41) is 3.01. The molecule has 1 spiro atoms. The van der Waals surface area contributed by atoms with E-state index in [1.165, 1.54) is 0 Å². The third-order valence-electron chi connectivity index (χ3n) is 2.68. The number of hydrogen-bond acceptors (Lipinski definition) is 1. The molecule has 0 radical (unpaired) electrons. The fraction of sp³-hybridized carbons (Fsp3) is 1.00. The first-order valence-corrected chi connectivity index (χ1v) is 3.75. The highest BCUT2D eigenvalue weighted by atomic mass is 35.5. The molecule has 0 unspecified atom stereocenters. The zero-order valence-corrected chi connectivity index (χ0v) is 7.02. The Morgan fingerprint density at radius 1 is 1.27 bits per heavy atom. The fourth-order valence-electron chi connectivity index (χ4n) is 1.81. The van der Waals surface area contributed by atoms with Crippen LogP contribution in [-0.2, 0) is 0 Å². The quantitative estimate of drug-likeness (QED) is 0.604. The third-order valence-corrected chi connectivity index (χ3v) is 2.68. The molecule has 11 heavy (non-hydrogen) atoms. The standard InChI is InChI=1S/C7H11F2N.ClH/c8-7(9)4-6(7)2-1-3-10-5-6;/h10H,1-5H2;1H/t6-;/m0./s1. The number of hydrogen-bond donors (Lipinski definition) is 1. The summed E-state index contributed by atoms with van der Waals surface area (Å²) in [6, 6.07) is 0. The lowest BCUT2D eigenvalue weighted by Crippen LogP contribution is -2.34. The first-order chi connectivity index (χ1) is 4.66. The van der Waals surface area contributed by atoms with Crippen LogP contribution in [-0.4, -0.2) is 19.0 Å². The second-order valence-corrected chi connectivity index (χ2v) is 3.44. The topological polar surface area (TPSA) is 12.0 Å². The van der Waals surface area contributed by atoms with Crippen molar-refractivity contribution in [2.75, 3.05) is 13.1 Å². The van der Waals surface area contributed by atoms with Crippen molar-refractivity contribution >= 4 is 12.4 Å². The maximum absolute atomic E-state index is 12.6. The average Bonchev–Trinajstić information content (AvgIpc) is 2.36. The molecule has 0 amide bonds. The predicted molar refractivity (Wildman–Crippen MR) is 41.3 cm³/mol. The summed E-state index contributed by atoms with van der Waals surface area (Å²) in [6.07, 6.45) is 1.75. The molecule has 0 aromatic heterocycles. The third kappa shape index (κ3) is 1.25. The number of alkyl halides is 2. The van der Waals surface area contributed by atoms with Crippen LogP contribution in [0.3, 0.4) is 0 Å². The van der Waals surface area contributed by atoms with Crippen LogP contribution < -0.4 is 5.32 Å². The van der Waals surface area contributed by atoms with Gasteiger partial charge in [0.2, 0.25) is 0 Å². The van der Waals surface area contributed by atoms with Crippen LogP contribution in [0.1, 0.15) is 19.3 Å². The molecular weight excluding hydrogens is 172 g/mol. The van der Waals surface area contributed by atoms with Crippen molar-refractivity contribution in [3.05, 3.63) is 0 Å². The van der Waals surface area contributed by atoms with Gasteiger partial charge in [-0.15, -0.1) is 12.4 Å². The molecule has 2 aliphatic rings.